The van der Waals surface area contributed by atoms with Crippen molar-refractivity contribution in [3.63, 3.8) is 0 Å². The predicted molar refractivity (Wildman–Crippen MR) is 136 cm³/mol. The van der Waals surface area contributed by atoms with Gasteiger partial charge in [0, 0.05) is 0 Å². The van der Waals surface area contributed by atoms with Crippen molar-refractivity contribution in [1.29, 1.82) is 5.26 Å². The lowest BCUT2D eigenvalue weighted by molar-refractivity contribution is -0.154. The minimum Gasteiger partial charge on any atom is -0.493 e. The summed E-state index contributed by atoms with van der Waals surface area (Å²) in [4.78, 5) is 12.0. The molecule has 0 N–H and O–H groups in total. The molecule has 188 valence electrons. The molecule has 2 rings (SSSR count). The lowest BCUT2D eigenvalue weighted by atomic mass is 9.91. The molecule has 0 fully saturated rings. The molecule has 2 aromatic carbocycles. The summed E-state index contributed by atoms with van der Waals surface area (Å²) >= 11 is 0. The highest BCUT2D eigenvalue weighted by molar-refractivity contribution is 5.90. The lowest BCUT2D eigenvalue weighted by Gasteiger charge is -2.20. The number of carbonyl (C=O) groups is 1. The van der Waals surface area contributed by atoms with E-state index in [0.717, 1.165) is 18.4 Å². The van der Waals surface area contributed by atoms with Crippen molar-refractivity contribution in [2.75, 3.05) is 34.5 Å². The van der Waals surface area contributed by atoms with Gasteiger partial charge >= 0.3 is 5.97 Å². The van der Waals surface area contributed by atoms with Gasteiger partial charge in [0.05, 0.1) is 51.6 Å². The molecule has 0 heterocycles. The van der Waals surface area contributed by atoms with E-state index in [1.54, 1.807) is 39.5 Å². The summed E-state index contributed by atoms with van der Waals surface area (Å²) in [6.45, 7) is 6.59. The van der Waals surface area contributed by atoms with Crippen molar-refractivity contribution in [3.05, 3.63) is 47.5 Å². The van der Waals surface area contributed by atoms with Crippen molar-refractivity contribution in [2.45, 2.75) is 40.0 Å². The first-order chi connectivity index (χ1) is 16.8. The second-order valence-electron chi connectivity index (χ2n) is 8.58. The fourth-order valence-electron chi connectivity index (χ4n) is 3.13. The molecule has 35 heavy (non-hydrogen) atoms. The number of esters is 1. The van der Waals surface area contributed by atoms with Crippen LogP contribution in [0.3, 0.4) is 0 Å². The highest BCUT2D eigenvalue weighted by atomic mass is 16.5. The normalized spacial score (nSPS) is 11.4. The summed E-state index contributed by atoms with van der Waals surface area (Å²) in [5.74, 6) is 2.16. The van der Waals surface area contributed by atoms with E-state index in [0.29, 0.717) is 53.8 Å². The monoisotopic (exact) mass is 481 g/mol. The summed E-state index contributed by atoms with van der Waals surface area (Å²) in [6, 6.07) is 13.1. The van der Waals surface area contributed by atoms with Crippen molar-refractivity contribution in [3.8, 4) is 29.1 Å². The Labute approximate surface area is 208 Å². The standard InChI is InChI=1S/C28H35NO6/c1-7-28(2,3)27(30)35-15-9-8-14-34-24-12-10-20(17-25(24)32-5)16-22(19-29)21-11-13-23(31-4)26(18-21)33-6/h10-13,16-18H,7-9,14-15H2,1-6H3/b22-16+. The number of hydrogen-bond donors (Lipinski definition) is 0. The third-order valence-corrected chi connectivity index (χ3v) is 5.78. The molecule has 0 amide bonds. The fraction of sp³-hybridized carbons (Fsp3) is 0.429. The maximum atomic E-state index is 12.0. The van der Waals surface area contributed by atoms with E-state index in [9.17, 15) is 10.1 Å². The Bertz CT molecular complexity index is 1070. The van der Waals surface area contributed by atoms with Crippen LogP contribution in [0.15, 0.2) is 36.4 Å². The van der Waals surface area contributed by atoms with Gasteiger partial charge in [-0.1, -0.05) is 13.0 Å². The molecular weight excluding hydrogens is 446 g/mol. The summed E-state index contributed by atoms with van der Waals surface area (Å²) in [5, 5.41) is 9.71. The van der Waals surface area contributed by atoms with Gasteiger partial charge in [0.1, 0.15) is 0 Å². The number of nitrogens with zero attached hydrogens (tertiary/aromatic N) is 1. The van der Waals surface area contributed by atoms with Gasteiger partial charge in [-0.15, -0.1) is 0 Å². The van der Waals surface area contributed by atoms with E-state index in [1.807, 2.05) is 45.0 Å². The summed E-state index contributed by atoms with van der Waals surface area (Å²) in [5.41, 5.74) is 1.53. The minimum atomic E-state index is -0.453. The second kappa shape index (κ2) is 13.3. The van der Waals surface area contributed by atoms with Crippen LogP contribution in [0, 0.1) is 16.7 Å². The molecule has 7 nitrogen and oxygen atoms in total. The third-order valence-electron chi connectivity index (χ3n) is 5.78. The van der Waals surface area contributed by atoms with Crippen LogP contribution in [0.5, 0.6) is 23.0 Å². The number of hydrogen-bond acceptors (Lipinski definition) is 7. The first-order valence-corrected chi connectivity index (χ1v) is 11.6. The van der Waals surface area contributed by atoms with Crippen LogP contribution in [0.25, 0.3) is 11.6 Å². The second-order valence-corrected chi connectivity index (χ2v) is 8.58. The minimum absolute atomic E-state index is 0.170. The number of rotatable bonds is 13. The SMILES string of the molecule is CCC(C)(C)C(=O)OCCCCOc1ccc(/C=C(\C#N)c2ccc(OC)c(OC)c2)cc1OC. The molecule has 0 aliphatic rings. The molecule has 0 aliphatic heterocycles. The highest BCUT2D eigenvalue weighted by Crippen LogP contribution is 2.33. The summed E-state index contributed by atoms with van der Waals surface area (Å²) in [6.07, 6.45) is 3.97. The molecule has 0 saturated heterocycles. The van der Waals surface area contributed by atoms with E-state index in [4.69, 9.17) is 23.7 Å². The Morgan fingerprint density at radius 2 is 1.54 bits per heavy atom. The maximum absolute atomic E-state index is 12.0. The van der Waals surface area contributed by atoms with Crippen molar-refractivity contribution < 1.29 is 28.5 Å². The van der Waals surface area contributed by atoms with Crippen LogP contribution in [0.2, 0.25) is 0 Å². The van der Waals surface area contributed by atoms with Crippen LogP contribution in [0.1, 0.15) is 51.2 Å². The van der Waals surface area contributed by atoms with E-state index >= 15 is 0 Å². The van der Waals surface area contributed by atoms with Crippen LogP contribution in [-0.2, 0) is 9.53 Å². The predicted octanol–water partition coefficient (Wildman–Crippen LogP) is 5.91. The summed E-state index contributed by atoms with van der Waals surface area (Å²) < 4.78 is 27.3. The number of allylic oxidation sites excluding steroid dienone is 1. The highest BCUT2D eigenvalue weighted by Gasteiger charge is 2.26. The average molecular weight is 482 g/mol. The van der Waals surface area contributed by atoms with Gasteiger partial charge in [0.25, 0.3) is 0 Å². The smallest absolute Gasteiger partial charge is 0.311 e. The van der Waals surface area contributed by atoms with Crippen LogP contribution in [-0.4, -0.2) is 40.5 Å². The van der Waals surface area contributed by atoms with Crippen molar-refractivity contribution in [1.82, 2.24) is 0 Å². The van der Waals surface area contributed by atoms with Gasteiger partial charge in [-0.3, -0.25) is 4.79 Å². The number of unbranched alkanes of at least 4 members (excludes halogenated alkanes) is 1. The van der Waals surface area contributed by atoms with Gasteiger partial charge in [-0.2, -0.15) is 5.26 Å². The number of carbonyl (C=O) groups excluding carboxylic acids is 1. The Morgan fingerprint density at radius 3 is 2.17 bits per heavy atom. The zero-order valence-corrected chi connectivity index (χ0v) is 21.5. The molecular formula is C28H35NO6. The quantitative estimate of drug-likeness (QED) is 0.152. The van der Waals surface area contributed by atoms with Gasteiger partial charge in [-0.05, 0) is 80.6 Å². The molecule has 0 saturated carbocycles. The lowest BCUT2D eigenvalue weighted by Crippen LogP contribution is -2.26. The number of ether oxygens (including phenoxy) is 5. The molecule has 0 atom stereocenters. The third kappa shape index (κ3) is 7.68. The number of benzene rings is 2. The molecule has 0 aromatic heterocycles. The van der Waals surface area contributed by atoms with Crippen molar-refractivity contribution in [2.24, 2.45) is 5.41 Å². The topological polar surface area (TPSA) is 87.0 Å². The van der Waals surface area contributed by atoms with Gasteiger partial charge in [0.2, 0.25) is 0 Å². The summed E-state index contributed by atoms with van der Waals surface area (Å²) in [7, 11) is 4.70. The average Bonchev–Trinajstić information content (AvgIpc) is 2.88. The molecule has 2 aromatic rings. The molecule has 0 aliphatic carbocycles. The van der Waals surface area contributed by atoms with Gasteiger partial charge in [-0.25, -0.2) is 0 Å². The Balaban J connectivity index is 2.01. The zero-order valence-electron chi connectivity index (χ0n) is 21.5. The molecule has 0 bridgehead atoms. The number of methoxy groups -OCH3 is 3. The fourth-order valence-corrected chi connectivity index (χ4v) is 3.13. The van der Waals surface area contributed by atoms with E-state index in [-0.39, 0.29) is 5.97 Å². The van der Waals surface area contributed by atoms with Gasteiger partial charge < -0.3 is 23.7 Å². The molecule has 0 radical (unpaired) electrons. The molecule has 0 spiro atoms. The first-order valence-electron chi connectivity index (χ1n) is 11.6. The van der Waals surface area contributed by atoms with Crippen LogP contribution >= 0.6 is 0 Å². The number of nitriles is 1. The van der Waals surface area contributed by atoms with E-state index in [1.165, 1.54) is 0 Å². The van der Waals surface area contributed by atoms with E-state index in [2.05, 4.69) is 6.07 Å². The van der Waals surface area contributed by atoms with Gasteiger partial charge in [0.15, 0.2) is 23.0 Å². The first kappa shape index (κ1) is 27.6. The van der Waals surface area contributed by atoms with Crippen LogP contribution in [0.4, 0.5) is 0 Å². The largest absolute Gasteiger partial charge is 0.493 e. The Kier molecular flexibility index (Phi) is 10.5. The van der Waals surface area contributed by atoms with E-state index < -0.39 is 5.41 Å². The van der Waals surface area contributed by atoms with Crippen molar-refractivity contribution >= 4 is 17.6 Å². The molecule has 0 unspecified atom stereocenters. The molecule has 7 heteroatoms. The zero-order chi connectivity index (χ0) is 25.8. The Hall–Kier alpha value is -3.66. The van der Waals surface area contributed by atoms with Crippen LogP contribution < -0.4 is 18.9 Å². The Morgan fingerprint density at radius 1 is 0.914 bits per heavy atom. The maximum Gasteiger partial charge on any atom is 0.311 e.